The van der Waals surface area contributed by atoms with Crippen molar-refractivity contribution in [3.05, 3.63) is 71.6 Å². The van der Waals surface area contributed by atoms with Crippen molar-refractivity contribution in [1.82, 2.24) is 24.1 Å². The van der Waals surface area contributed by atoms with Crippen LogP contribution in [0.2, 0.25) is 5.02 Å². The van der Waals surface area contributed by atoms with Crippen LogP contribution in [0.5, 0.6) is 0 Å². The van der Waals surface area contributed by atoms with Gasteiger partial charge in [-0.1, -0.05) is 17.7 Å². The number of aromatic carboxylic acids is 1. The number of rotatable bonds is 5. The highest BCUT2D eigenvalue weighted by molar-refractivity contribution is 7.89. The summed E-state index contributed by atoms with van der Waals surface area (Å²) in [6, 6.07) is 12.5. The van der Waals surface area contributed by atoms with Gasteiger partial charge in [0, 0.05) is 31.2 Å². The van der Waals surface area contributed by atoms with E-state index in [1.807, 2.05) is 17.0 Å². The SMILES string of the molecule is O=C(O)c1ccc(S(=O)(=O)N2CCN(c3ncnc4c3cnn4-c3cccc(Cl)c3)CC2)cc1. The number of piperazine rings is 1. The van der Waals surface area contributed by atoms with Gasteiger partial charge in [-0.05, 0) is 42.5 Å². The van der Waals surface area contributed by atoms with E-state index in [1.165, 1.54) is 34.9 Å². The number of hydrogen-bond acceptors (Lipinski definition) is 7. The van der Waals surface area contributed by atoms with Crippen molar-refractivity contribution in [2.75, 3.05) is 31.1 Å². The number of benzene rings is 2. The molecule has 1 aliphatic rings. The van der Waals surface area contributed by atoms with Crippen molar-refractivity contribution in [2.45, 2.75) is 4.90 Å². The number of nitrogens with zero attached hydrogens (tertiary/aromatic N) is 6. The van der Waals surface area contributed by atoms with E-state index in [0.29, 0.717) is 29.6 Å². The first kappa shape index (κ1) is 22.3. The molecule has 12 heteroatoms. The fraction of sp³-hybridized carbons (Fsp3) is 0.182. The van der Waals surface area contributed by atoms with Gasteiger partial charge >= 0.3 is 5.97 Å². The largest absolute Gasteiger partial charge is 0.478 e. The molecule has 4 aromatic rings. The highest BCUT2D eigenvalue weighted by atomic mass is 35.5. The summed E-state index contributed by atoms with van der Waals surface area (Å²) in [5.74, 6) is -0.423. The third-order valence-electron chi connectivity index (χ3n) is 5.67. The van der Waals surface area contributed by atoms with Gasteiger partial charge in [-0.25, -0.2) is 27.9 Å². The summed E-state index contributed by atoms with van der Waals surface area (Å²) in [5.41, 5.74) is 1.44. The van der Waals surface area contributed by atoms with Gasteiger partial charge in [-0.3, -0.25) is 0 Å². The Labute approximate surface area is 200 Å². The van der Waals surface area contributed by atoms with Crippen LogP contribution < -0.4 is 4.90 Å². The number of hydrogen-bond donors (Lipinski definition) is 1. The maximum Gasteiger partial charge on any atom is 0.335 e. The first-order valence-electron chi connectivity index (χ1n) is 10.4. The topological polar surface area (TPSA) is 122 Å². The fourth-order valence-electron chi connectivity index (χ4n) is 3.94. The second-order valence-corrected chi connectivity index (χ2v) is 10.1. The highest BCUT2D eigenvalue weighted by Crippen LogP contribution is 2.27. The van der Waals surface area contributed by atoms with Crippen LogP contribution in [-0.4, -0.2) is 69.7 Å². The van der Waals surface area contributed by atoms with Crippen LogP contribution >= 0.6 is 11.6 Å². The lowest BCUT2D eigenvalue weighted by molar-refractivity contribution is 0.0696. The average Bonchev–Trinajstić information content (AvgIpc) is 3.28. The van der Waals surface area contributed by atoms with Gasteiger partial charge < -0.3 is 10.0 Å². The van der Waals surface area contributed by atoms with Gasteiger partial charge in [-0.15, -0.1) is 0 Å². The monoisotopic (exact) mass is 498 g/mol. The predicted octanol–water partition coefficient (Wildman–Crippen LogP) is 2.68. The summed E-state index contributed by atoms with van der Waals surface area (Å²) >= 11 is 6.12. The summed E-state index contributed by atoms with van der Waals surface area (Å²) in [6.07, 6.45) is 3.16. The fourth-order valence-corrected chi connectivity index (χ4v) is 5.55. The van der Waals surface area contributed by atoms with Gasteiger partial charge in [0.25, 0.3) is 0 Å². The third kappa shape index (κ3) is 3.98. The van der Waals surface area contributed by atoms with Crippen LogP contribution in [0, 0.1) is 0 Å². The molecule has 10 nitrogen and oxygen atoms in total. The summed E-state index contributed by atoms with van der Waals surface area (Å²) in [5, 5.41) is 14.8. The second kappa shape index (κ2) is 8.67. The highest BCUT2D eigenvalue weighted by Gasteiger charge is 2.30. The summed E-state index contributed by atoms with van der Waals surface area (Å²) < 4.78 is 29.1. The Bertz CT molecular complexity index is 1480. The number of sulfonamides is 1. The van der Waals surface area contributed by atoms with E-state index in [-0.39, 0.29) is 23.5 Å². The first-order valence-corrected chi connectivity index (χ1v) is 12.2. The number of carboxylic acid groups (broad SMARTS) is 1. The first-order chi connectivity index (χ1) is 16.3. The number of aromatic nitrogens is 4. The lowest BCUT2D eigenvalue weighted by Gasteiger charge is -2.34. The Morgan fingerprint density at radius 3 is 2.41 bits per heavy atom. The predicted molar refractivity (Wildman–Crippen MR) is 126 cm³/mol. The Morgan fingerprint density at radius 1 is 1.00 bits per heavy atom. The molecule has 2 aromatic carbocycles. The summed E-state index contributed by atoms with van der Waals surface area (Å²) in [6.45, 7) is 1.38. The Morgan fingerprint density at radius 2 is 1.74 bits per heavy atom. The number of carbonyl (C=O) groups is 1. The van der Waals surface area contributed by atoms with Gasteiger partial charge in [0.2, 0.25) is 10.0 Å². The van der Waals surface area contributed by atoms with Crippen LogP contribution in [0.15, 0.2) is 66.0 Å². The smallest absolute Gasteiger partial charge is 0.335 e. The van der Waals surface area contributed by atoms with E-state index in [9.17, 15) is 13.2 Å². The van der Waals surface area contributed by atoms with E-state index in [2.05, 4.69) is 15.1 Å². The van der Waals surface area contributed by atoms with E-state index in [1.54, 1.807) is 23.0 Å². The molecule has 1 saturated heterocycles. The molecule has 0 amide bonds. The third-order valence-corrected chi connectivity index (χ3v) is 7.82. The molecule has 34 heavy (non-hydrogen) atoms. The molecule has 5 rings (SSSR count). The molecule has 0 saturated carbocycles. The van der Waals surface area contributed by atoms with E-state index in [4.69, 9.17) is 16.7 Å². The molecular formula is C22H19ClN6O4S. The second-order valence-electron chi connectivity index (χ2n) is 7.69. The van der Waals surface area contributed by atoms with E-state index < -0.39 is 16.0 Å². The Hall–Kier alpha value is -3.54. The number of carboxylic acids is 1. The molecule has 3 heterocycles. The standard InChI is InChI=1S/C22H19ClN6O4S/c23-16-2-1-3-17(12-16)29-21-19(13-26-29)20(24-14-25-21)27-8-10-28(11-9-27)34(32,33)18-6-4-15(5-7-18)22(30)31/h1-7,12-14H,8-11H2,(H,30,31). The molecule has 0 spiro atoms. The summed E-state index contributed by atoms with van der Waals surface area (Å²) in [4.78, 5) is 21.9. The molecule has 0 radical (unpaired) electrons. The van der Waals surface area contributed by atoms with Crippen molar-refractivity contribution in [2.24, 2.45) is 0 Å². The molecule has 0 atom stereocenters. The molecular weight excluding hydrogens is 480 g/mol. The van der Waals surface area contributed by atoms with Gasteiger partial charge in [0.15, 0.2) is 5.65 Å². The maximum absolute atomic E-state index is 13.0. The number of halogens is 1. The Kier molecular flexibility index (Phi) is 5.68. The molecule has 1 fully saturated rings. The molecule has 174 valence electrons. The lowest BCUT2D eigenvalue weighted by atomic mass is 10.2. The van der Waals surface area contributed by atoms with Crippen LogP contribution in [0.25, 0.3) is 16.7 Å². The zero-order valence-corrected chi connectivity index (χ0v) is 19.3. The molecule has 0 unspecified atom stereocenters. The molecule has 2 aromatic heterocycles. The van der Waals surface area contributed by atoms with Crippen molar-refractivity contribution < 1.29 is 18.3 Å². The van der Waals surface area contributed by atoms with Gasteiger partial charge in [-0.2, -0.15) is 9.40 Å². The normalized spacial score (nSPS) is 15.0. The lowest BCUT2D eigenvalue weighted by Crippen LogP contribution is -2.49. The zero-order valence-electron chi connectivity index (χ0n) is 17.7. The summed E-state index contributed by atoms with van der Waals surface area (Å²) in [7, 11) is -3.74. The van der Waals surface area contributed by atoms with Crippen LogP contribution in [0.1, 0.15) is 10.4 Å². The molecule has 0 bridgehead atoms. The van der Waals surface area contributed by atoms with Crippen LogP contribution in [0.3, 0.4) is 0 Å². The van der Waals surface area contributed by atoms with E-state index in [0.717, 1.165) is 11.1 Å². The minimum atomic E-state index is -3.74. The van der Waals surface area contributed by atoms with Crippen molar-refractivity contribution >= 4 is 44.4 Å². The van der Waals surface area contributed by atoms with Crippen LogP contribution in [-0.2, 0) is 10.0 Å². The van der Waals surface area contributed by atoms with Crippen LogP contribution in [0.4, 0.5) is 5.82 Å². The van der Waals surface area contributed by atoms with Gasteiger partial charge in [0.1, 0.15) is 12.1 Å². The van der Waals surface area contributed by atoms with Crippen molar-refractivity contribution in [3.8, 4) is 5.69 Å². The number of anilines is 1. The molecule has 1 aliphatic heterocycles. The Balaban J connectivity index is 1.37. The molecule has 1 N–H and O–H groups in total. The minimum absolute atomic E-state index is 0.0369. The van der Waals surface area contributed by atoms with Crippen molar-refractivity contribution in [1.29, 1.82) is 0 Å². The van der Waals surface area contributed by atoms with Crippen molar-refractivity contribution in [3.63, 3.8) is 0 Å². The van der Waals surface area contributed by atoms with Gasteiger partial charge in [0.05, 0.1) is 27.7 Å². The average molecular weight is 499 g/mol. The minimum Gasteiger partial charge on any atom is -0.478 e. The quantitative estimate of drug-likeness (QED) is 0.445. The zero-order chi connectivity index (χ0) is 23.9. The molecule has 0 aliphatic carbocycles. The maximum atomic E-state index is 13.0. The number of fused-ring (bicyclic) bond motifs is 1. The van der Waals surface area contributed by atoms with E-state index >= 15 is 0 Å².